The molecule has 4 fully saturated rings. The summed E-state index contributed by atoms with van der Waals surface area (Å²) in [5.74, 6) is 1.69. The molecule has 304 valence electrons. The molecule has 0 N–H and O–H groups in total. The van der Waals surface area contributed by atoms with E-state index in [2.05, 4.69) is 194 Å². The Kier molecular flexibility index (Phi) is 10.1. The number of rotatable bonds is 9. The predicted molar refractivity (Wildman–Crippen MR) is 262 cm³/mol. The van der Waals surface area contributed by atoms with Crippen molar-refractivity contribution in [1.29, 1.82) is 0 Å². The van der Waals surface area contributed by atoms with Gasteiger partial charge >= 0.3 is 0 Å². The Morgan fingerprint density at radius 2 is 0.967 bits per heavy atom. The first-order chi connectivity index (χ1) is 29.5. The van der Waals surface area contributed by atoms with Crippen LogP contribution in [0, 0.1) is 60.3 Å². The van der Waals surface area contributed by atoms with Crippen molar-refractivity contribution in [2.75, 3.05) is 0 Å². The van der Waals surface area contributed by atoms with Crippen LogP contribution in [-0.4, -0.2) is 6.71 Å². The van der Waals surface area contributed by atoms with Crippen molar-refractivity contribution < 1.29 is 0 Å². The Balaban J connectivity index is 1.07. The molecule has 4 aliphatic rings. The Bertz CT molecular complexity index is 2640. The van der Waals surface area contributed by atoms with Crippen LogP contribution in [0.4, 0.5) is 0 Å². The third kappa shape index (κ3) is 7.23. The summed E-state index contributed by atoms with van der Waals surface area (Å²) in [6.45, 7) is 16.1. The van der Waals surface area contributed by atoms with E-state index in [-0.39, 0.29) is 6.71 Å². The predicted octanol–water partition coefficient (Wildman–Crippen LogP) is 13.1. The molecule has 1 heteroatoms. The fourth-order valence-electron chi connectivity index (χ4n) is 13.6. The van der Waals surface area contributed by atoms with Crippen molar-refractivity contribution in [2.45, 2.75) is 104 Å². The SMILES string of the molecule is Cc1cc(C)c(B(c2ccc(C)c(-c3cc(-c4ccc(C56CC7CC(CC(c8ccccc8)(C7)C5)C6)cc4)ccc3Cc3ccccc3)c2)c2c(C)cc(C)cc2C)c(C)c1. The van der Waals surface area contributed by atoms with E-state index in [0.717, 1.165) is 18.3 Å². The van der Waals surface area contributed by atoms with Gasteiger partial charge in [-0.15, -0.1) is 0 Å². The monoisotopic (exact) mass is 792 g/mol. The van der Waals surface area contributed by atoms with E-state index in [1.807, 2.05) is 0 Å². The molecule has 7 aromatic rings. The zero-order chi connectivity index (χ0) is 42.0. The average Bonchev–Trinajstić information content (AvgIpc) is 3.23. The molecular formula is C60H61B. The zero-order valence-electron chi connectivity index (χ0n) is 37.5. The third-order valence-corrected chi connectivity index (χ3v) is 15.6. The van der Waals surface area contributed by atoms with Gasteiger partial charge in [0.05, 0.1) is 0 Å². The molecule has 0 aromatic heterocycles. The van der Waals surface area contributed by atoms with Crippen molar-refractivity contribution in [1.82, 2.24) is 0 Å². The maximum atomic E-state index is 2.55. The number of hydrogen-bond acceptors (Lipinski definition) is 0. The fourth-order valence-corrected chi connectivity index (χ4v) is 13.6. The third-order valence-electron chi connectivity index (χ3n) is 15.6. The highest BCUT2D eigenvalue weighted by Gasteiger charge is 2.58. The van der Waals surface area contributed by atoms with Crippen LogP contribution in [0.25, 0.3) is 22.3 Å². The van der Waals surface area contributed by atoms with E-state index in [9.17, 15) is 0 Å². The topological polar surface area (TPSA) is 0 Å². The largest absolute Gasteiger partial charge is 0.242 e. The van der Waals surface area contributed by atoms with E-state index < -0.39 is 0 Å². The second-order valence-corrected chi connectivity index (χ2v) is 20.1. The Hall–Kier alpha value is -5.40. The first-order valence-electron chi connectivity index (χ1n) is 23.1. The Morgan fingerprint density at radius 1 is 0.459 bits per heavy atom. The van der Waals surface area contributed by atoms with E-state index >= 15 is 0 Å². The standard InChI is InChI=1S/C60H61B/c1-39-26-42(4)57(43(5)27-39)61(58-44(6)28-40(2)29-45(58)7)54-25-18-41(3)55(33-54)56-32-50(19-20-51(56)31-46-14-10-8-11-15-46)49-21-23-53(24-22-49)60-36-47-30-48(37-60)35-59(34-47,38-60)52-16-12-9-13-17-52/h8-29,32-33,47-48H,30-31,34-38H2,1-7H3. The van der Waals surface area contributed by atoms with Crippen LogP contribution in [0.2, 0.25) is 0 Å². The molecule has 0 spiro atoms. The van der Waals surface area contributed by atoms with Crippen molar-refractivity contribution in [3.8, 4) is 22.3 Å². The molecule has 0 nitrogen and oxygen atoms in total. The van der Waals surface area contributed by atoms with Gasteiger partial charge in [0, 0.05) is 0 Å². The molecule has 0 aliphatic heterocycles. The number of benzene rings is 7. The van der Waals surface area contributed by atoms with E-state index in [4.69, 9.17) is 0 Å². The summed E-state index contributed by atoms with van der Waals surface area (Å²) in [7, 11) is 0. The minimum Gasteiger partial charge on any atom is -0.0680 e. The van der Waals surface area contributed by atoms with Gasteiger partial charge in [-0.3, -0.25) is 0 Å². The van der Waals surface area contributed by atoms with E-state index in [1.165, 1.54) is 127 Å². The summed E-state index contributed by atoms with van der Waals surface area (Å²) in [4.78, 5) is 0. The van der Waals surface area contributed by atoms with Gasteiger partial charge in [-0.05, 0) is 172 Å². The summed E-state index contributed by atoms with van der Waals surface area (Å²) in [5, 5.41) is 0. The summed E-state index contributed by atoms with van der Waals surface area (Å²) in [6.07, 6.45) is 9.09. The minimum atomic E-state index is 0.125. The molecule has 61 heavy (non-hydrogen) atoms. The highest BCUT2D eigenvalue weighted by atomic mass is 14.6. The average molecular weight is 793 g/mol. The summed E-state index contributed by atoms with van der Waals surface area (Å²) in [5.41, 5.74) is 25.4. The van der Waals surface area contributed by atoms with Gasteiger partial charge in [-0.1, -0.05) is 189 Å². The summed E-state index contributed by atoms with van der Waals surface area (Å²) >= 11 is 0. The van der Waals surface area contributed by atoms with Gasteiger partial charge in [-0.2, -0.15) is 0 Å². The molecule has 0 heterocycles. The van der Waals surface area contributed by atoms with Gasteiger partial charge in [0.1, 0.15) is 0 Å². The lowest BCUT2D eigenvalue weighted by Gasteiger charge is -2.62. The second-order valence-electron chi connectivity index (χ2n) is 20.1. The molecule has 11 rings (SSSR count). The second kappa shape index (κ2) is 15.5. The molecule has 0 amide bonds. The molecular weight excluding hydrogens is 731 g/mol. The Morgan fingerprint density at radius 3 is 1.52 bits per heavy atom. The maximum Gasteiger partial charge on any atom is 0.242 e. The molecule has 7 aromatic carbocycles. The quantitative estimate of drug-likeness (QED) is 0.128. The lowest BCUT2D eigenvalue weighted by Crippen LogP contribution is -2.55. The van der Waals surface area contributed by atoms with Crippen LogP contribution < -0.4 is 16.4 Å². The lowest BCUT2D eigenvalue weighted by molar-refractivity contribution is -0.0281. The maximum absolute atomic E-state index is 2.55. The van der Waals surface area contributed by atoms with Crippen molar-refractivity contribution in [2.24, 2.45) is 11.8 Å². The molecule has 4 aliphatic carbocycles. The van der Waals surface area contributed by atoms with Crippen LogP contribution in [0.15, 0.2) is 146 Å². The number of aryl methyl sites for hydroxylation is 7. The highest BCUT2D eigenvalue weighted by Crippen LogP contribution is 2.66. The zero-order valence-corrected chi connectivity index (χ0v) is 37.5. The van der Waals surface area contributed by atoms with Gasteiger partial charge in [-0.25, -0.2) is 0 Å². The molecule has 2 atom stereocenters. The van der Waals surface area contributed by atoms with Crippen LogP contribution >= 0.6 is 0 Å². The molecule has 4 bridgehead atoms. The molecule has 4 saturated carbocycles. The van der Waals surface area contributed by atoms with Crippen molar-refractivity contribution in [3.05, 3.63) is 207 Å². The minimum absolute atomic E-state index is 0.125. The smallest absolute Gasteiger partial charge is 0.0680 e. The van der Waals surface area contributed by atoms with Crippen LogP contribution in [0.3, 0.4) is 0 Å². The van der Waals surface area contributed by atoms with E-state index in [1.54, 1.807) is 11.1 Å². The highest BCUT2D eigenvalue weighted by molar-refractivity contribution is 6.96. The normalized spacial score (nSPS) is 21.5. The van der Waals surface area contributed by atoms with Gasteiger partial charge in [0.25, 0.3) is 0 Å². The summed E-state index contributed by atoms with van der Waals surface area (Å²) in [6, 6.07) is 56.7. The lowest BCUT2D eigenvalue weighted by atomic mass is 9.34. The van der Waals surface area contributed by atoms with Crippen molar-refractivity contribution >= 4 is 23.1 Å². The molecule has 2 unspecified atom stereocenters. The fraction of sp³-hybridized carbons (Fsp3) is 0.300. The van der Waals surface area contributed by atoms with Crippen molar-refractivity contribution in [3.63, 3.8) is 0 Å². The Labute approximate surface area is 366 Å². The van der Waals surface area contributed by atoms with Crippen LogP contribution in [-0.2, 0) is 17.3 Å². The summed E-state index contributed by atoms with van der Waals surface area (Å²) < 4.78 is 0. The van der Waals surface area contributed by atoms with Crippen LogP contribution in [0.1, 0.15) is 99.7 Å². The van der Waals surface area contributed by atoms with E-state index in [0.29, 0.717) is 10.8 Å². The number of hydrogen-bond donors (Lipinski definition) is 0. The van der Waals surface area contributed by atoms with Gasteiger partial charge in [0.2, 0.25) is 6.71 Å². The van der Waals surface area contributed by atoms with Gasteiger partial charge < -0.3 is 0 Å². The molecule has 0 saturated heterocycles. The first-order valence-corrected chi connectivity index (χ1v) is 23.1. The van der Waals surface area contributed by atoms with Gasteiger partial charge in [0.15, 0.2) is 0 Å². The van der Waals surface area contributed by atoms with Crippen LogP contribution in [0.5, 0.6) is 0 Å². The molecule has 0 radical (unpaired) electrons. The first kappa shape index (κ1) is 39.7.